The molecule has 5 heteroatoms. The van der Waals surface area contributed by atoms with Crippen LogP contribution in [0.5, 0.6) is 0 Å². The van der Waals surface area contributed by atoms with Crippen molar-refractivity contribution in [1.29, 1.82) is 0 Å². The first-order valence-corrected chi connectivity index (χ1v) is 10.3. The molecule has 3 aromatic rings. The summed E-state index contributed by atoms with van der Waals surface area (Å²) in [5, 5.41) is 8.81. The summed E-state index contributed by atoms with van der Waals surface area (Å²) in [5.41, 5.74) is 6.83. The van der Waals surface area contributed by atoms with Crippen LogP contribution in [0.1, 0.15) is 28.8 Å². The zero-order chi connectivity index (χ0) is 20.9. The van der Waals surface area contributed by atoms with Gasteiger partial charge in [-0.2, -0.15) is 10.2 Å². The largest absolute Gasteiger partial charge is 0.372 e. The molecule has 152 valence electrons. The highest BCUT2D eigenvalue weighted by Crippen LogP contribution is 2.31. The molecule has 4 rings (SSSR count). The third-order valence-corrected chi connectivity index (χ3v) is 5.56. The number of hydrogen-bond acceptors (Lipinski definition) is 5. The summed E-state index contributed by atoms with van der Waals surface area (Å²) < 4.78 is 0. The fourth-order valence-electron chi connectivity index (χ4n) is 3.81. The minimum atomic E-state index is 0.674. The lowest BCUT2D eigenvalue weighted by Crippen LogP contribution is -2.17. The van der Waals surface area contributed by atoms with Gasteiger partial charge in [0.05, 0.1) is 11.4 Å². The van der Waals surface area contributed by atoms with Crippen molar-refractivity contribution < 1.29 is 4.79 Å². The van der Waals surface area contributed by atoms with Gasteiger partial charge in [-0.25, -0.2) is 0 Å². The molecule has 30 heavy (non-hydrogen) atoms. The number of azo groups is 1. The molecular formula is C25H26N4O. The zero-order valence-electron chi connectivity index (χ0n) is 17.5. The molecule has 3 aromatic carbocycles. The Morgan fingerprint density at radius 2 is 1.50 bits per heavy atom. The molecule has 0 atom stereocenters. The topological polar surface area (TPSA) is 48.3 Å². The molecule has 0 saturated carbocycles. The molecule has 0 radical (unpaired) electrons. The molecule has 0 aromatic heterocycles. The third kappa shape index (κ3) is 4.40. The van der Waals surface area contributed by atoms with E-state index in [-0.39, 0.29) is 0 Å². The van der Waals surface area contributed by atoms with E-state index in [0.29, 0.717) is 5.56 Å². The number of hydrogen-bond donors (Lipinski definition) is 0. The molecule has 0 amide bonds. The summed E-state index contributed by atoms with van der Waals surface area (Å²) in [6, 6.07) is 21.9. The first-order valence-electron chi connectivity index (χ1n) is 10.3. The van der Waals surface area contributed by atoms with Crippen LogP contribution in [-0.4, -0.2) is 26.4 Å². The van der Waals surface area contributed by atoms with Gasteiger partial charge in [0.1, 0.15) is 6.29 Å². The Labute approximate surface area is 177 Å². The predicted octanol–water partition coefficient (Wildman–Crippen LogP) is 6.59. The minimum Gasteiger partial charge on any atom is -0.372 e. The van der Waals surface area contributed by atoms with Gasteiger partial charge >= 0.3 is 0 Å². The van der Waals surface area contributed by atoms with Gasteiger partial charge in [0, 0.05) is 42.8 Å². The van der Waals surface area contributed by atoms with Crippen LogP contribution in [-0.2, 0) is 0 Å². The normalized spacial score (nSPS) is 13.7. The van der Waals surface area contributed by atoms with Gasteiger partial charge in [-0.3, -0.25) is 4.79 Å². The van der Waals surface area contributed by atoms with Crippen LogP contribution in [0.3, 0.4) is 0 Å². The average molecular weight is 399 g/mol. The van der Waals surface area contributed by atoms with Crippen molar-refractivity contribution in [2.24, 2.45) is 10.2 Å². The van der Waals surface area contributed by atoms with Crippen LogP contribution in [0, 0.1) is 6.92 Å². The van der Waals surface area contributed by atoms with Gasteiger partial charge < -0.3 is 9.80 Å². The van der Waals surface area contributed by atoms with Crippen LogP contribution in [0.2, 0.25) is 0 Å². The third-order valence-electron chi connectivity index (χ3n) is 5.56. The smallest absolute Gasteiger partial charge is 0.150 e. The Morgan fingerprint density at radius 1 is 0.867 bits per heavy atom. The van der Waals surface area contributed by atoms with Crippen LogP contribution in [0.4, 0.5) is 28.4 Å². The highest BCUT2D eigenvalue weighted by molar-refractivity contribution is 5.77. The molecule has 1 aliphatic heterocycles. The first kappa shape index (κ1) is 19.8. The number of carbonyl (C=O) groups excluding carboxylic acids is 1. The van der Waals surface area contributed by atoms with Crippen LogP contribution >= 0.6 is 0 Å². The summed E-state index contributed by atoms with van der Waals surface area (Å²) in [7, 11) is 2.02. The van der Waals surface area contributed by atoms with E-state index in [4.69, 9.17) is 0 Å². The molecule has 0 unspecified atom stereocenters. The highest BCUT2D eigenvalue weighted by Gasteiger charge is 2.12. The second-order valence-corrected chi connectivity index (χ2v) is 7.65. The lowest BCUT2D eigenvalue weighted by atomic mass is 10.1. The lowest BCUT2D eigenvalue weighted by Gasteiger charge is -2.22. The molecule has 0 spiro atoms. The molecule has 1 heterocycles. The fraction of sp³-hybridized carbons (Fsp3) is 0.240. The summed E-state index contributed by atoms with van der Waals surface area (Å²) in [5.74, 6) is 0. The molecule has 0 N–H and O–H groups in total. The summed E-state index contributed by atoms with van der Waals surface area (Å²) in [4.78, 5) is 15.4. The van der Waals surface area contributed by atoms with E-state index >= 15 is 0 Å². The van der Waals surface area contributed by atoms with Crippen LogP contribution < -0.4 is 9.80 Å². The van der Waals surface area contributed by atoms with Gasteiger partial charge in [0.2, 0.25) is 0 Å². The SMILES string of the molecule is Cc1cc(/N=N/c2ccc(N3CCCC3)cc2)ccc1N(C)c1ccc(C=O)cc1. The van der Waals surface area contributed by atoms with Crippen molar-refractivity contribution in [1.82, 2.24) is 0 Å². The second-order valence-electron chi connectivity index (χ2n) is 7.65. The van der Waals surface area contributed by atoms with Crippen molar-refractivity contribution >= 4 is 34.7 Å². The number of benzene rings is 3. The van der Waals surface area contributed by atoms with Crippen molar-refractivity contribution in [2.45, 2.75) is 19.8 Å². The molecule has 1 aliphatic rings. The zero-order valence-corrected chi connectivity index (χ0v) is 17.5. The van der Waals surface area contributed by atoms with Gasteiger partial charge in [0.15, 0.2) is 0 Å². The van der Waals surface area contributed by atoms with E-state index in [0.717, 1.165) is 47.7 Å². The average Bonchev–Trinajstić information content (AvgIpc) is 3.33. The van der Waals surface area contributed by atoms with Crippen molar-refractivity contribution in [3.8, 4) is 0 Å². The van der Waals surface area contributed by atoms with E-state index in [1.54, 1.807) is 0 Å². The molecule has 1 saturated heterocycles. The summed E-state index contributed by atoms with van der Waals surface area (Å²) >= 11 is 0. The molecule has 1 fully saturated rings. The van der Waals surface area contributed by atoms with Gasteiger partial charge in [0.25, 0.3) is 0 Å². The second kappa shape index (κ2) is 8.91. The maximum atomic E-state index is 10.9. The Balaban J connectivity index is 1.46. The number of carbonyl (C=O) groups is 1. The van der Waals surface area contributed by atoms with Crippen LogP contribution in [0.25, 0.3) is 0 Å². The van der Waals surface area contributed by atoms with Gasteiger partial charge in [-0.1, -0.05) is 0 Å². The number of anilines is 3. The number of nitrogens with zero attached hydrogens (tertiary/aromatic N) is 4. The van der Waals surface area contributed by atoms with Crippen LogP contribution in [0.15, 0.2) is 77.0 Å². The van der Waals surface area contributed by atoms with E-state index < -0.39 is 0 Å². The van der Waals surface area contributed by atoms with Gasteiger partial charge in [-0.05, 0) is 92.1 Å². The predicted molar refractivity (Wildman–Crippen MR) is 123 cm³/mol. The monoisotopic (exact) mass is 398 g/mol. The molecule has 5 nitrogen and oxygen atoms in total. The molecule has 0 aliphatic carbocycles. The van der Waals surface area contributed by atoms with Crippen molar-refractivity contribution in [2.75, 3.05) is 29.9 Å². The van der Waals surface area contributed by atoms with Crippen molar-refractivity contribution in [3.05, 3.63) is 77.9 Å². The maximum Gasteiger partial charge on any atom is 0.150 e. The standard InChI is InChI=1S/C25H26N4O/c1-19-17-22(9-14-25(19)28(2)23-10-5-20(18-30)6-11-23)27-26-21-7-12-24(13-8-21)29-15-3-4-16-29/h5-14,17-18H,3-4,15-16H2,1-2H3/b27-26+. The Morgan fingerprint density at radius 3 is 2.13 bits per heavy atom. The lowest BCUT2D eigenvalue weighted by molar-refractivity contribution is 0.112. The van der Waals surface area contributed by atoms with Gasteiger partial charge in [-0.15, -0.1) is 0 Å². The number of aldehydes is 1. The Hall–Kier alpha value is -3.47. The minimum absolute atomic E-state index is 0.674. The first-order chi connectivity index (χ1) is 14.6. The molecule has 0 bridgehead atoms. The fourth-order valence-corrected chi connectivity index (χ4v) is 3.81. The van der Waals surface area contributed by atoms with E-state index in [2.05, 4.69) is 39.1 Å². The van der Waals surface area contributed by atoms with E-state index in [1.807, 2.05) is 61.6 Å². The summed E-state index contributed by atoms with van der Waals surface area (Å²) in [6.45, 7) is 4.35. The Bertz CT molecular complexity index is 1040. The number of aryl methyl sites for hydroxylation is 1. The number of rotatable bonds is 6. The molecular weight excluding hydrogens is 372 g/mol. The maximum absolute atomic E-state index is 10.9. The van der Waals surface area contributed by atoms with Crippen molar-refractivity contribution in [3.63, 3.8) is 0 Å². The van der Waals surface area contributed by atoms with E-state index in [9.17, 15) is 4.79 Å². The Kier molecular flexibility index (Phi) is 5.89. The highest BCUT2D eigenvalue weighted by atomic mass is 16.1. The quantitative estimate of drug-likeness (QED) is 0.347. The van der Waals surface area contributed by atoms with E-state index in [1.165, 1.54) is 18.5 Å². The summed E-state index contributed by atoms with van der Waals surface area (Å²) in [6.07, 6.45) is 3.40.